The highest BCUT2D eigenvalue weighted by molar-refractivity contribution is 6.35. The molecular formula is C13H24N4O2. The van der Waals surface area contributed by atoms with Crippen molar-refractivity contribution >= 4 is 11.8 Å². The average Bonchev–Trinajstić information content (AvgIpc) is 2.43. The summed E-state index contributed by atoms with van der Waals surface area (Å²) < 4.78 is 0. The Bertz CT molecular complexity index is 348. The van der Waals surface area contributed by atoms with Crippen LogP contribution in [-0.2, 0) is 9.59 Å². The third kappa shape index (κ3) is 3.25. The number of hydrogen-bond acceptors (Lipinski definition) is 4. The smallest absolute Gasteiger partial charge is 0.312 e. The molecule has 0 aromatic heterocycles. The van der Waals surface area contributed by atoms with Crippen molar-refractivity contribution in [2.75, 3.05) is 32.7 Å². The molecule has 0 aromatic rings. The van der Waals surface area contributed by atoms with E-state index in [0.29, 0.717) is 25.7 Å². The Hall–Kier alpha value is -1.14. The Morgan fingerprint density at radius 3 is 2.84 bits per heavy atom. The van der Waals surface area contributed by atoms with Gasteiger partial charge >= 0.3 is 11.8 Å². The molecule has 0 aromatic carbocycles. The molecule has 2 heterocycles. The summed E-state index contributed by atoms with van der Waals surface area (Å²) in [5.41, 5.74) is 5.32. The van der Waals surface area contributed by atoms with Crippen LogP contribution in [0.4, 0.5) is 0 Å². The molecule has 2 rings (SSSR count). The molecule has 0 bridgehead atoms. The summed E-state index contributed by atoms with van der Waals surface area (Å²) in [6, 6.07) is 0.529. The van der Waals surface area contributed by atoms with Crippen LogP contribution >= 0.6 is 0 Å². The summed E-state index contributed by atoms with van der Waals surface area (Å²) in [6.45, 7) is 5.39. The maximum Gasteiger partial charge on any atom is 0.312 e. The Morgan fingerprint density at radius 2 is 2.11 bits per heavy atom. The summed E-state index contributed by atoms with van der Waals surface area (Å²) in [5.74, 6) is -0.937. The lowest BCUT2D eigenvalue weighted by Gasteiger charge is -2.47. The van der Waals surface area contributed by atoms with Crippen LogP contribution < -0.4 is 11.1 Å². The molecule has 2 aliphatic heterocycles. The Kier molecular flexibility index (Phi) is 4.76. The van der Waals surface area contributed by atoms with Crippen molar-refractivity contribution in [3.8, 4) is 0 Å². The molecule has 19 heavy (non-hydrogen) atoms. The SMILES string of the molecule is CC1CN2CCCCC2CN1C(=O)C(=O)NCCN. The maximum absolute atomic E-state index is 12.1. The predicted octanol–water partition coefficient (Wildman–Crippen LogP) is -0.853. The number of fused-ring (bicyclic) bond motifs is 1. The molecule has 2 unspecified atom stereocenters. The van der Waals surface area contributed by atoms with Crippen LogP contribution in [0.25, 0.3) is 0 Å². The number of hydrogen-bond donors (Lipinski definition) is 2. The van der Waals surface area contributed by atoms with Crippen LogP contribution in [0.5, 0.6) is 0 Å². The summed E-state index contributed by atoms with van der Waals surface area (Å²) in [4.78, 5) is 28.1. The predicted molar refractivity (Wildman–Crippen MR) is 72.5 cm³/mol. The lowest BCUT2D eigenvalue weighted by atomic mass is 9.97. The molecule has 0 saturated carbocycles. The van der Waals surface area contributed by atoms with Crippen molar-refractivity contribution in [3.63, 3.8) is 0 Å². The number of carbonyl (C=O) groups is 2. The van der Waals surface area contributed by atoms with Gasteiger partial charge in [-0.25, -0.2) is 0 Å². The molecule has 2 atom stereocenters. The van der Waals surface area contributed by atoms with E-state index in [1.54, 1.807) is 4.90 Å². The summed E-state index contributed by atoms with van der Waals surface area (Å²) in [5, 5.41) is 2.55. The number of nitrogens with zero attached hydrogens (tertiary/aromatic N) is 2. The maximum atomic E-state index is 12.1. The second kappa shape index (κ2) is 6.34. The first-order valence-corrected chi connectivity index (χ1v) is 7.16. The van der Waals surface area contributed by atoms with Gasteiger partial charge in [0.25, 0.3) is 0 Å². The molecule has 2 saturated heterocycles. The quantitative estimate of drug-likeness (QED) is 0.639. The first-order valence-electron chi connectivity index (χ1n) is 7.16. The summed E-state index contributed by atoms with van der Waals surface area (Å²) >= 11 is 0. The highest BCUT2D eigenvalue weighted by Gasteiger charge is 2.36. The minimum Gasteiger partial charge on any atom is -0.347 e. The highest BCUT2D eigenvalue weighted by Crippen LogP contribution is 2.23. The number of nitrogens with two attached hydrogens (primary N) is 1. The van der Waals surface area contributed by atoms with Gasteiger partial charge in [-0.3, -0.25) is 14.5 Å². The zero-order valence-electron chi connectivity index (χ0n) is 11.6. The van der Waals surface area contributed by atoms with Gasteiger partial charge in [-0.05, 0) is 26.3 Å². The van der Waals surface area contributed by atoms with E-state index in [1.807, 2.05) is 6.92 Å². The molecule has 0 spiro atoms. The van der Waals surface area contributed by atoms with Crippen LogP contribution in [0, 0.1) is 0 Å². The van der Waals surface area contributed by atoms with E-state index >= 15 is 0 Å². The van der Waals surface area contributed by atoms with Crippen LogP contribution in [0.3, 0.4) is 0 Å². The van der Waals surface area contributed by atoms with Crippen LogP contribution in [0.1, 0.15) is 26.2 Å². The number of piperidine rings is 1. The molecule has 6 nitrogen and oxygen atoms in total. The molecule has 2 fully saturated rings. The van der Waals surface area contributed by atoms with Gasteiger partial charge in [-0.2, -0.15) is 0 Å². The minimum absolute atomic E-state index is 0.102. The highest BCUT2D eigenvalue weighted by atomic mass is 16.2. The van der Waals surface area contributed by atoms with Crippen molar-refractivity contribution in [3.05, 3.63) is 0 Å². The van der Waals surface area contributed by atoms with Gasteiger partial charge < -0.3 is 16.0 Å². The van der Waals surface area contributed by atoms with E-state index in [2.05, 4.69) is 10.2 Å². The van der Waals surface area contributed by atoms with Gasteiger partial charge in [0.2, 0.25) is 0 Å². The topological polar surface area (TPSA) is 78.7 Å². The van der Waals surface area contributed by atoms with Gasteiger partial charge in [0.1, 0.15) is 0 Å². The Labute approximate surface area is 114 Å². The molecule has 0 radical (unpaired) electrons. The van der Waals surface area contributed by atoms with E-state index in [0.717, 1.165) is 19.5 Å². The van der Waals surface area contributed by atoms with Crippen LogP contribution in [0.15, 0.2) is 0 Å². The van der Waals surface area contributed by atoms with E-state index in [9.17, 15) is 9.59 Å². The Morgan fingerprint density at radius 1 is 1.32 bits per heavy atom. The third-order valence-corrected chi connectivity index (χ3v) is 4.07. The zero-order valence-corrected chi connectivity index (χ0v) is 11.6. The number of carbonyl (C=O) groups excluding carboxylic acids is 2. The molecule has 2 amide bonds. The number of rotatable bonds is 2. The van der Waals surface area contributed by atoms with Crippen molar-refractivity contribution in [2.24, 2.45) is 5.73 Å². The molecule has 0 aliphatic carbocycles. The fourth-order valence-electron chi connectivity index (χ4n) is 3.03. The van der Waals surface area contributed by atoms with Crippen LogP contribution in [-0.4, -0.2) is 66.4 Å². The van der Waals surface area contributed by atoms with Gasteiger partial charge in [0.15, 0.2) is 0 Å². The monoisotopic (exact) mass is 268 g/mol. The number of amides is 2. The number of nitrogens with one attached hydrogen (secondary N) is 1. The van der Waals surface area contributed by atoms with Gasteiger partial charge in [0, 0.05) is 38.3 Å². The molecular weight excluding hydrogens is 244 g/mol. The second-order valence-corrected chi connectivity index (χ2v) is 5.50. The standard InChI is InChI=1S/C13H24N4O2/c1-10-8-16-7-3-2-4-11(16)9-17(10)13(19)12(18)15-6-5-14/h10-11H,2-9,14H2,1H3,(H,15,18). The fourth-order valence-corrected chi connectivity index (χ4v) is 3.03. The lowest BCUT2D eigenvalue weighted by Crippen LogP contribution is -2.62. The minimum atomic E-state index is -0.526. The first kappa shape index (κ1) is 14.3. The summed E-state index contributed by atoms with van der Waals surface area (Å²) in [6.07, 6.45) is 3.59. The van der Waals surface area contributed by atoms with Crippen molar-refractivity contribution < 1.29 is 9.59 Å². The fraction of sp³-hybridized carbons (Fsp3) is 0.846. The van der Waals surface area contributed by atoms with Gasteiger partial charge in [0.05, 0.1) is 0 Å². The van der Waals surface area contributed by atoms with Gasteiger partial charge in [-0.1, -0.05) is 6.42 Å². The van der Waals surface area contributed by atoms with E-state index < -0.39 is 11.8 Å². The summed E-state index contributed by atoms with van der Waals surface area (Å²) in [7, 11) is 0. The van der Waals surface area contributed by atoms with Crippen molar-refractivity contribution in [2.45, 2.75) is 38.3 Å². The normalized spacial score (nSPS) is 27.8. The largest absolute Gasteiger partial charge is 0.347 e. The van der Waals surface area contributed by atoms with E-state index in [1.165, 1.54) is 12.8 Å². The molecule has 6 heteroatoms. The first-order chi connectivity index (χ1) is 9.13. The third-order valence-electron chi connectivity index (χ3n) is 4.07. The van der Waals surface area contributed by atoms with Crippen LogP contribution in [0.2, 0.25) is 0 Å². The average molecular weight is 268 g/mol. The Balaban J connectivity index is 1.95. The lowest BCUT2D eigenvalue weighted by molar-refractivity contribution is -0.150. The van der Waals surface area contributed by atoms with Crippen molar-refractivity contribution in [1.29, 1.82) is 0 Å². The molecule has 3 N–H and O–H groups in total. The zero-order chi connectivity index (χ0) is 13.8. The second-order valence-electron chi connectivity index (χ2n) is 5.50. The number of piperazine rings is 1. The molecule has 108 valence electrons. The van der Waals surface area contributed by atoms with E-state index in [4.69, 9.17) is 5.73 Å². The van der Waals surface area contributed by atoms with Crippen molar-refractivity contribution in [1.82, 2.24) is 15.1 Å². The van der Waals surface area contributed by atoms with E-state index in [-0.39, 0.29) is 6.04 Å². The molecule has 2 aliphatic rings. The van der Waals surface area contributed by atoms with Gasteiger partial charge in [-0.15, -0.1) is 0 Å².